The fourth-order valence-electron chi connectivity index (χ4n) is 3.43. The van der Waals surface area contributed by atoms with Gasteiger partial charge in [-0.1, -0.05) is 25.0 Å². The number of aliphatic imine (C=N–C) groups is 1. The lowest BCUT2D eigenvalue weighted by Gasteiger charge is -2.15. The molecule has 0 unspecified atom stereocenters. The smallest absolute Gasteiger partial charge is 0.220 e. The number of nitrogens with one attached hydrogen (secondary N) is 3. The van der Waals surface area contributed by atoms with Gasteiger partial charge >= 0.3 is 0 Å². The van der Waals surface area contributed by atoms with E-state index in [4.69, 9.17) is 4.74 Å². The van der Waals surface area contributed by atoms with Gasteiger partial charge in [0.05, 0.1) is 6.61 Å². The van der Waals surface area contributed by atoms with E-state index in [1.54, 1.807) is 7.05 Å². The van der Waals surface area contributed by atoms with Crippen LogP contribution in [0.3, 0.4) is 0 Å². The second kappa shape index (κ2) is 11.5. The van der Waals surface area contributed by atoms with Crippen molar-refractivity contribution < 1.29 is 9.53 Å². The molecule has 0 aliphatic heterocycles. The molecule has 0 heterocycles. The molecule has 6 nitrogen and oxygen atoms in total. The second-order valence-electron chi connectivity index (χ2n) is 7.10. The lowest BCUT2D eigenvalue weighted by Crippen LogP contribution is -2.41. The largest absolute Gasteiger partial charge is 0.494 e. The van der Waals surface area contributed by atoms with Gasteiger partial charge in [0.15, 0.2) is 5.96 Å². The Hall–Kier alpha value is -2.24. The number of amides is 1. The van der Waals surface area contributed by atoms with Crippen molar-refractivity contribution in [2.45, 2.75) is 52.5 Å². The van der Waals surface area contributed by atoms with Gasteiger partial charge in [-0.3, -0.25) is 9.79 Å². The predicted octanol–water partition coefficient (Wildman–Crippen LogP) is 2.76. The van der Waals surface area contributed by atoms with E-state index in [2.05, 4.69) is 46.1 Å². The zero-order chi connectivity index (χ0) is 19.5. The highest BCUT2D eigenvalue weighted by atomic mass is 16.5. The van der Waals surface area contributed by atoms with Gasteiger partial charge in [-0.2, -0.15) is 0 Å². The van der Waals surface area contributed by atoms with E-state index in [0.717, 1.165) is 11.3 Å². The van der Waals surface area contributed by atoms with Crippen LogP contribution in [0.25, 0.3) is 0 Å². The molecule has 0 saturated heterocycles. The molecule has 0 atom stereocenters. The van der Waals surface area contributed by atoms with Gasteiger partial charge in [-0.25, -0.2) is 0 Å². The van der Waals surface area contributed by atoms with Crippen molar-refractivity contribution in [1.82, 2.24) is 16.0 Å². The average molecular weight is 375 g/mol. The topological polar surface area (TPSA) is 74.8 Å². The molecule has 1 fully saturated rings. The fraction of sp³-hybridized carbons (Fsp3) is 0.619. The van der Waals surface area contributed by atoms with Crippen LogP contribution in [0.4, 0.5) is 0 Å². The summed E-state index contributed by atoms with van der Waals surface area (Å²) >= 11 is 0. The van der Waals surface area contributed by atoms with Gasteiger partial charge in [-0.05, 0) is 44.2 Å². The van der Waals surface area contributed by atoms with Gasteiger partial charge in [-0.15, -0.1) is 0 Å². The van der Waals surface area contributed by atoms with Gasteiger partial charge in [0.2, 0.25) is 5.91 Å². The van der Waals surface area contributed by atoms with Crippen LogP contribution in [0.15, 0.2) is 23.2 Å². The van der Waals surface area contributed by atoms with Crippen LogP contribution in [0.1, 0.15) is 50.2 Å². The number of benzene rings is 1. The molecule has 1 aliphatic rings. The maximum absolute atomic E-state index is 12.0. The number of carbonyl (C=O) groups excluding carboxylic acids is 1. The van der Waals surface area contributed by atoms with E-state index >= 15 is 0 Å². The van der Waals surface area contributed by atoms with E-state index in [0.29, 0.717) is 44.5 Å². The quantitative estimate of drug-likeness (QED) is 0.353. The third-order valence-corrected chi connectivity index (χ3v) is 4.88. The highest BCUT2D eigenvalue weighted by molar-refractivity contribution is 5.80. The summed E-state index contributed by atoms with van der Waals surface area (Å²) in [5, 5.41) is 9.52. The van der Waals surface area contributed by atoms with E-state index in [1.165, 1.54) is 31.2 Å². The van der Waals surface area contributed by atoms with Crippen molar-refractivity contribution in [2.24, 2.45) is 10.9 Å². The lowest BCUT2D eigenvalue weighted by atomic mass is 10.0. The van der Waals surface area contributed by atoms with Crippen LogP contribution in [-0.4, -0.2) is 38.6 Å². The Morgan fingerprint density at radius 3 is 2.63 bits per heavy atom. The summed E-state index contributed by atoms with van der Waals surface area (Å²) < 4.78 is 5.72. The Balaban J connectivity index is 1.69. The molecule has 1 amide bonds. The normalized spacial score (nSPS) is 14.9. The third kappa shape index (κ3) is 7.49. The molecule has 1 aromatic carbocycles. The minimum Gasteiger partial charge on any atom is -0.494 e. The maximum atomic E-state index is 12.0. The molecular weight excluding hydrogens is 340 g/mol. The minimum atomic E-state index is 0.160. The van der Waals surface area contributed by atoms with Crippen LogP contribution in [0.2, 0.25) is 0 Å². The van der Waals surface area contributed by atoms with Crippen molar-refractivity contribution in [3.63, 3.8) is 0 Å². The van der Waals surface area contributed by atoms with Crippen molar-refractivity contribution in [2.75, 3.05) is 26.7 Å². The molecule has 0 bridgehead atoms. The molecule has 2 rings (SSSR count). The number of hydrogen-bond donors (Lipinski definition) is 3. The predicted molar refractivity (Wildman–Crippen MR) is 110 cm³/mol. The number of carbonyl (C=O) groups is 1. The lowest BCUT2D eigenvalue weighted by molar-refractivity contribution is -0.121. The third-order valence-electron chi connectivity index (χ3n) is 4.88. The number of ether oxygens (including phenoxy) is 1. The summed E-state index contributed by atoms with van der Waals surface area (Å²) in [5.41, 5.74) is 2.27. The first-order chi connectivity index (χ1) is 13.1. The molecular formula is C21H34N4O2. The number of hydrogen-bond acceptors (Lipinski definition) is 3. The zero-order valence-corrected chi connectivity index (χ0v) is 16.9. The Morgan fingerprint density at radius 2 is 1.93 bits per heavy atom. The molecule has 6 heteroatoms. The molecule has 1 aliphatic carbocycles. The number of guanidine groups is 1. The monoisotopic (exact) mass is 374 g/mol. The van der Waals surface area contributed by atoms with Crippen LogP contribution in [-0.2, 0) is 11.3 Å². The van der Waals surface area contributed by atoms with Crippen molar-refractivity contribution in [3.8, 4) is 5.75 Å². The SMILES string of the molecule is CCOc1cc(C)ccc1CNC(=NC)NCCNC(=O)CC1CCCC1. The Bertz CT molecular complexity index is 625. The molecule has 27 heavy (non-hydrogen) atoms. The Kier molecular flexibility index (Phi) is 8.95. The Labute approximate surface area is 163 Å². The standard InChI is InChI=1S/C21H34N4O2/c1-4-27-19-13-16(2)9-10-18(19)15-25-21(22-3)24-12-11-23-20(26)14-17-7-5-6-8-17/h9-10,13,17H,4-8,11-12,14-15H2,1-3H3,(H,23,26)(H2,22,24,25). The minimum absolute atomic E-state index is 0.160. The van der Waals surface area contributed by atoms with E-state index < -0.39 is 0 Å². The molecule has 150 valence electrons. The van der Waals surface area contributed by atoms with Crippen molar-refractivity contribution >= 4 is 11.9 Å². The van der Waals surface area contributed by atoms with Crippen LogP contribution >= 0.6 is 0 Å². The number of rotatable bonds is 9. The molecule has 3 N–H and O–H groups in total. The highest BCUT2D eigenvalue weighted by Gasteiger charge is 2.17. The highest BCUT2D eigenvalue weighted by Crippen LogP contribution is 2.27. The summed E-state index contributed by atoms with van der Waals surface area (Å²) in [6.07, 6.45) is 5.61. The van der Waals surface area contributed by atoms with Crippen molar-refractivity contribution in [1.29, 1.82) is 0 Å². The average Bonchev–Trinajstić information content (AvgIpc) is 3.15. The summed E-state index contributed by atoms with van der Waals surface area (Å²) in [6, 6.07) is 6.20. The summed E-state index contributed by atoms with van der Waals surface area (Å²) in [5.74, 6) is 2.36. The van der Waals surface area contributed by atoms with Gasteiger partial charge < -0.3 is 20.7 Å². The first-order valence-electron chi connectivity index (χ1n) is 10.1. The van der Waals surface area contributed by atoms with Crippen molar-refractivity contribution in [3.05, 3.63) is 29.3 Å². The maximum Gasteiger partial charge on any atom is 0.220 e. The molecule has 1 saturated carbocycles. The summed E-state index contributed by atoms with van der Waals surface area (Å²) in [4.78, 5) is 16.2. The first-order valence-corrected chi connectivity index (χ1v) is 10.1. The van der Waals surface area contributed by atoms with E-state index in [9.17, 15) is 4.79 Å². The fourth-order valence-corrected chi connectivity index (χ4v) is 3.43. The first kappa shape index (κ1) is 21.1. The molecule has 0 aromatic heterocycles. The van der Waals surface area contributed by atoms with Crippen LogP contribution < -0.4 is 20.7 Å². The number of nitrogens with zero attached hydrogens (tertiary/aromatic N) is 1. The van der Waals surface area contributed by atoms with Crippen LogP contribution in [0, 0.1) is 12.8 Å². The van der Waals surface area contributed by atoms with Gasteiger partial charge in [0.25, 0.3) is 0 Å². The van der Waals surface area contributed by atoms with E-state index in [1.807, 2.05) is 6.92 Å². The zero-order valence-electron chi connectivity index (χ0n) is 16.9. The van der Waals surface area contributed by atoms with Gasteiger partial charge in [0, 0.05) is 38.7 Å². The molecule has 0 spiro atoms. The van der Waals surface area contributed by atoms with Gasteiger partial charge in [0.1, 0.15) is 5.75 Å². The molecule has 0 radical (unpaired) electrons. The van der Waals surface area contributed by atoms with E-state index in [-0.39, 0.29) is 5.91 Å². The summed E-state index contributed by atoms with van der Waals surface area (Å²) in [7, 11) is 1.74. The Morgan fingerprint density at radius 1 is 1.19 bits per heavy atom. The molecule has 1 aromatic rings. The van der Waals surface area contributed by atoms with Crippen LogP contribution in [0.5, 0.6) is 5.75 Å². The summed E-state index contributed by atoms with van der Waals surface area (Å²) in [6.45, 7) is 6.55. The second-order valence-corrected chi connectivity index (χ2v) is 7.10. The number of aryl methyl sites for hydroxylation is 1.